The summed E-state index contributed by atoms with van der Waals surface area (Å²) in [6.45, 7) is 1.99. The van der Waals surface area contributed by atoms with E-state index in [0.29, 0.717) is 13.2 Å². The first kappa shape index (κ1) is 13.6. The van der Waals surface area contributed by atoms with E-state index in [4.69, 9.17) is 4.74 Å². The summed E-state index contributed by atoms with van der Waals surface area (Å²) < 4.78 is 5.23. The number of ether oxygens (including phenoxy) is 1. The zero-order valence-corrected chi connectivity index (χ0v) is 11.1. The van der Waals surface area contributed by atoms with E-state index in [-0.39, 0.29) is 24.1 Å². The van der Waals surface area contributed by atoms with Gasteiger partial charge in [0.2, 0.25) is 0 Å². The van der Waals surface area contributed by atoms with Crippen molar-refractivity contribution in [1.29, 1.82) is 0 Å². The van der Waals surface area contributed by atoms with E-state index < -0.39 is 0 Å². The standard InChI is InChI=1S/C13H24N2O3/c1-15(8-10-4-2-3-5-12(10)16)13(17)14-11-6-7-18-9-11/h10-12,16H,2-9H2,1H3,(H,14,17)/t10-,11-,12+/m0/s1. The van der Waals surface area contributed by atoms with Crippen LogP contribution in [-0.4, -0.2) is 55.0 Å². The molecule has 5 nitrogen and oxygen atoms in total. The molecular formula is C13H24N2O3. The summed E-state index contributed by atoms with van der Waals surface area (Å²) in [4.78, 5) is 13.6. The molecule has 2 N–H and O–H groups in total. The molecule has 104 valence electrons. The third kappa shape index (κ3) is 3.59. The fourth-order valence-corrected chi connectivity index (χ4v) is 2.77. The Morgan fingerprint density at radius 3 is 2.83 bits per heavy atom. The number of hydrogen-bond acceptors (Lipinski definition) is 3. The van der Waals surface area contributed by atoms with Crippen molar-refractivity contribution in [2.45, 2.75) is 44.2 Å². The summed E-state index contributed by atoms with van der Waals surface area (Å²) in [5.74, 6) is 0.231. The Bertz CT molecular complexity index is 279. The lowest BCUT2D eigenvalue weighted by Crippen LogP contribution is -2.46. The van der Waals surface area contributed by atoms with Gasteiger partial charge in [0.25, 0.3) is 0 Å². The van der Waals surface area contributed by atoms with Gasteiger partial charge in [-0.1, -0.05) is 12.8 Å². The summed E-state index contributed by atoms with van der Waals surface area (Å²) in [7, 11) is 1.80. The molecule has 2 aliphatic rings. The van der Waals surface area contributed by atoms with Gasteiger partial charge in [0, 0.05) is 26.1 Å². The van der Waals surface area contributed by atoms with Gasteiger partial charge < -0.3 is 20.1 Å². The monoisotopic (exact) mass is 256 g/mol. The fourth-order valence-electron chi connectivity index (χ4n) is 2.77. The summed E-state index contributed by atoms with van der Waals surface area (Å²) >= 11 is 0. The van der Waals surface area contributed by atoms with Crippen LogP contribution in [0, 0.1) is 5.92 Å². The van der Waals surface area contributed by atoms with E-state index >= 15 is 0 Å². The second-order valence-electron chi connectivity index (χ2n) is 5.50. The maximum absolute atomic E-state index is 12.0. The lowest BCUT2D eigenvalue weighted by molar-refractivity contribution is 0.0562. The van der Waals surface area contributed by atoms with E-state index in [2.05, 4.69) is 5.32 Å². The highest BCUT2D eigenvalue weighted by Crippen LogP contribution is 2.24. The molecule has 1 aliphatic heterocycles. The summed E-state index contributed by atoms with van der Waals surface area (Å²) in [6.07, 6.45) is 4.80. The Kier molecular flexibility index (Phi) is 4.83. The van der Waals surface area contributed by atoms with Crippen molar-refractivity contribution in [2.24, 2.45) is 5.92 Å². The predicted octanol–water partition coefficient (Wildman–Crippen LogP) is 0.968. The number of carbonyl (C=O) groups excluding carboxylic acids is 1. The summed E-state index contributed by atoms with van der Waals surface area (Å²) in [5.41, 5.74) is 0. The zero-order chi connectivity index (χ0) is 13.0. The summed E-state index contributed by atoms with van der Waals surface area (Å²) in [6, 6.07) is 0.0968. The molecule has 0 unspecified atom stereocenters. The molecule has 2 amide bonds. The van der Waals surface area contributed by atoms with Crippen LogP contribution in [0.2, 0.25) is 0 Å². The molecular weight excluding hydrogens is 232 g/mol. The highest BCUT2D eigenvalue weighted by atomic mass is 16.5. The molecule has 0 bridgehead atoms. The van der Waals surface area contributed by atoms with Crippen molar-refractivity contribution < 1.29 is 14.6 Å². The molecule has 0 aromatic carbocycles. The van der Waals surface area contributed by atoms with Gasteiger partial charge in [-0.3, -0.25) is 0 Å². The van der Waals surface area contributed by atoms with E-state index in [9.17, 15) is 9.90 Å². The molecule has 2 rings (SSSR count). The third-order valence-electron chi connectivity index (χ3n) is 3.98. The Labute approximate surface area is 108 Å². The van der Waals surface area contributed by atoms with Crippen molar-refractivity contribution in [3.63, 3.8) is 0 Å². The number of hydrogen-bond donors (Lipinski definition) is 2. The maximum atomic E-state index is 12.0. The molecule has 5 heteroatoms. The Hall–Kier alpha value is -0.810. The predicted molar refractivity (Wildman–Crippen MR) is 68.4 cm³/mol. The number of aliphatic hydroxyl groups is 1. The highest BCUT2D eigenvalue weighted by molar-refractivity contribution is 5.74. The first-order valence-electron chi connectivity index (χ1n) is 6.94. The number of urea groups is 1. The average Bonchev–Trinajstić information content (AvgIpc) is 2.84. The van der Waals surface area contributed by atoms with Crippen molar-refractivity contribution in [3.8, 4) is 0 Å². The quantitative estimate of drug-likeness (QED) is 0.791. The normalized spacial score (nSPS) is 32.2. The number of aliphatic hydroxyl groups excluding tert-OH is 1. The van der Waals surface area contributed by atoms with Gasteiger partial charge in [-0.05, 0) is 19.3 Å². The maximum Gasteiger partial charge on any atom is 0.317 e. The van der Waals surface area contributed by atoms with Crippen LogP contribution in [0.25, 0.3) is 0 Å². The molecule has 3 atom stereocenters. The first-order valence-corrected chi connectivity index (χ1v) is 6.94. The van der Waals surface area contributed by atoms with Gasteiger partial charge in [-0.2, -0.15) is 0 Å². The lowest BCUT2D eigenvalue weighted by Gasteiger charge is -2.31. The molecule has 0 spiro atoms. The number of rotatable bonds is 3. The molecule has 18 heavy (non-hydrogen) atoms. The van der Waals surface area contributed by atoms with Crippen LogP contribution >= 0.6 is 0 Å². The van der Waals surface area contributed by atoms with Crippen LogP contribution in [0.3, 0.4) is 0 Å². The first-order chi connectivity index (χ1) is 8.66. The Morgan fingerprint density at radius 1 is 1.39 bits per heavy atom. The van der Waals surface area contributed by atoms with E-state index in [1.807, 2.05) is 0 Å². The minimum absolute atomic E-state index is 0.0525. The van der Waals surface area contributed by atoms with E-state index in [1.54, 1.807) is 11.9 Å². The van der Waals surface area contributed by atoms with Crippen LogP contribution in [-0.2, 0) is 4.74 Å². The topological polar surface area (TPSA) is 61.8 Å². The van der Waals surface area contributed by atoms with Crippen LogP contribution < -0.4 is 5.32 Å². The fraction of sp³-hybridized carbons (Fsp3) is 0.923. The van der Waals surface area contributed by atoms with E-state index in [0.717, 1.165) is 38.7 Å². The third-order valence-corrected chi connectivity index (χ3v) is 3.98. The van der Waals surface area contributed by atoms with Crippen molar-refractivity contribution in [1.82, 2.24) is 10.2 Å². The minimum Gasteiger partial charge on any atom is -0.393 e. The molecule has 2 fully saturated rings. The zero-order valence-electron chi connectivity index (χ0n) is 11.1. The molecule has 1 heterocycles. The Morgan fingerprint density at radius 2 is 2.17 bits per heavy atom. The Balaban J connectivity index is 1.75. The van der Waals surface area contributed by atoms with Gasteiger partial charge in [0.15, 0.2) is 0 Å². The van der Waals surface area contributed by atoms with Crippen LogP contribution in [0.15, 0.2) is 0 Å². The minimum atomic E-state index is -0.246. The lowest BCUT2D eigenvalue weighted by atomic mass is 9.86. The molecule has 0 radical (unpaired) electrons. The van der Waals surface area contributed by atoms with E-state index in [1.165, 1.54) is 0 Å². The largest absolute Gasteiger partial charge is 0.393 e. The smallest absolute Gasteiger partial charge is 0.317 e. The van der Waals surface area contributed by atoms with Crippen molar-refractivity contribution in [2.75, 3.05) is 26.8 Å². The molecule has 1 saturated carbocycles. The number of nitrogens with zero attached hydrogens (tertiary/aromatic N) is 1. The number of amides is 2. The van der Waals surface area contributed by atoms with Gasteiger partial charge in [0.05, 0.1) is 18.8 Å². The molecule has 0 aromatic rings. The van der Waals surface area contributed by atoms with Crippen LogP contribution in [0.4, 0.5) is 4.79 Å². The SMILES string of the molecule is CN(C[C@@H]1CCCC[C@H]1O)C(=O)N[C@H]1CCOC1. The second-order valence-corrected chi connectivity index (χ2v) is 5.50. The van der Waals surface area contributed by atoms with Crippen molar-refractivity contribution in [3.05, 3.63) is 0 Å². The van der Waals surface area contributed by atoms with Gasteiger partial charge >= 0.3 is 6.03 Å². The average molecular weight is 256 g/mol. The van der Waals surface area contributed by atoms with Gasteiger partial charge in [0.1, 0.15) is 0 Å². The van der Waals surface area contributed by atoms with Gasteiger partial charge in [-0.25, -0.2) is 4.79 Å². The number of nitrogens with one attached hydrogen (secondary N) is 1. The molecule has 1 saturated heterocycles. The second kappa shape index (κ2) is 6.38. The highest BCUT2D eigenvalue weighted by Gasteiger charge is 2.26. The summed E-state index contributed by atoms with van der Waals surface area (Å²) in [5, 5.41) is 12.9. The molecule has 0 aromatic heterocycles. The van der Waals surface area contributed by atoms with Crippen LogP contribution in [0.1, 0.15) is 32.1 Å². The van der Waals surface area contributed by atoms with Crippen molar-refractivity contribution >= 4 is 6.03 Å². The van der Waals surface area contributed by atoms with Crippen LogP contribution in [0.5, 0.6) is 0 Å². The number of carbonyl (C=O) groups is 1. The molecule has 1 aliphatic carbocycles. The van der Waals surface area contributed by atoms with Gasteiger partial charge in [-0.15, -0.1) is 0 Å².